The Hall–Kier alpha value is -3.43. The minimum absolute atomic E-state index is 0.174. The van der Waals surface area contributed by atoms with Gasteiger partial charge in [-0.1, -0.05) is 40.2 Å². The lowest BCUT2D eigenvalue weighted by atomic mass is 9.82. The van der Waals surface area contributed by atoms with Gasteiger partial charge in [0.2, 0.25) is 11.8 Å². The fourth-order valence-electron chi connectivity index (χ4n) is 4.80. The van der Waals surface area contributed by atoms with E-state index in [1.807, 2.05) is 27.7 Å². The normalized spacial score (nSPS) is 19.4. The quantitative estimate of drug-likeness (QED) is 0.404. The van der Waals surface area contributed by atoms with Gasteiger partial charge in [0.1, 0.15) is 24.1 Å². The van der Waals surface area contributed by atoms with Crippen LogP contribution in [-0.4, -0.2) is 71.8 Å². The van der Waals surface area contributed by atoms with Gasteiger partial charge in [-0.25, -0.2) is 0 Å². The lowest BCUT2D eigenvalue weighted by molar-refractivity contribution is -0.149. The fraction of sp³-hybridized carbons (Fsp3) is 0.593. The number of benzene rings is 1. The van der Waals surface area contributed by atoms with Gasteiger partial charge in [0.15, 0.2) is 0 Å². The molecule has 1 aromatic carbocycles. The zero-order valence-corrected chi connectivity index (χ0v) is 22.5. The molecule has 10 heteroatoms. The number of carbonyl (C=O) groups is 5. The number of carboxylic acid groups (broad SMARTS) is 1. The van der Waals surface area contributed by atoms with E-state index >= 15 is 0 Å². The number of carboxylic acids is 1. The van der Waals surface area contributed by atoms with Gasteiger partial charge in [-0.15, -0.1) is 0 Å². The van der Waals surface area contributed by atoms with Gasteiger partial charge in [-0.2, -0.15) is 0 Å². The van der Waals surface area contributed by atoms with Gasteiger partial charge in [-0.05, 0) is 43.2 Å². The Kier molecular flexibility index (Phi) is 10.2. The average Bonchev–Trinajstić information content (AvgIpc) is 2.84. The zero-order chi connectivity index (χ0) is 27.9. The van der Waals surface area contributed by atoms with E-state index < -0.39 is 53.7 Å². The summed E-state index contributed by atoms with van der Waals surface area (Å²) in [4.78, 5) is 64.5. The summed E-state index contributed by atoms with van der Waals surface area (Å²) in [5, 5.41) is 14.4. The van der Waals surface area contributed by atoms with Crippen LogP contribution < -0.4 is 15.4 Å². The van der Waals surface area contributed by atoms with Crippen LogP contribution in [0, 0.1) is 18.3 Å². The van der Waals surface area contributed by atoms with Crippen LogP contribution in [0.3, 0.4) is 0 Å². The summed E-state index contributed by atoms with van der Waals surface area (Å²) in [6, 6.07) is 2.07. The number of likely N-dealkylation sites (tertiary alicyclic amines) is 1. The number of ether oxygens (including phenoxy) is 1. The van der Waals surface area contributed by atoms with Gasteiger partial charge in [0.05, 0.1) is 19.6 Å². The summed E-state index contributed by atoms with van der Waals surface area (Å²) in [5.74, 6) is -2.24. The van der Waals surface area contributed by atoms with Crippen LogP contribution in [0.2, 0.25) is 0 Å². The van der Waals surface area contributed by atoms with E-state index in [4.69, 9.17) is 9.84 Å². The second-order valence-electron chi connectivity index (χ2n) is 10.5. The second kappa shape index (κ2) is 12.7. The number of nitrogens with zero attached hydrogens (tertiary/aromatic N) is 1. The van der Waals surface area contributed by atoms with Crippen LogP contribution >= 0.6 is 0 Å². The summed E-state index contributed by atoms with van der Waals surface area (Å²) in [7, 11) is 1.52. The number of aliphatic carboxylic acids is 1. The summed E-state index contributed by atoms with van der Waals surface area (Å²) in [6.07, 6.45) is 1.84. The Balaban J connectivity index is 2.38. The molecular formula is C27H39N3O7. The highest BCUT2D eigenvalue weighted by atomic mass is 16.5. The van der Waals surface area contributed by atoms with E-state index in [9.17, 15) is 24.0 Å². The molecule has 0 saturated carbocycles. The first-order valence-corrected chi connectivity index (χ1v) is 12.6. The van der Waals surface area contributed by atoms with Crippen molar-refractivity contribution in [3.8, 4) is 5.75 Å². The predicted octanol–water partition coefficient (Wildman–Crippen LogP) is 2.32. The Morgan fingerprint density at radius 1 is 1.22 bits per heavy atom. The number of hydrogen-bond acceptors (Lipinski definition) is 6. The first-order chi connectivity index (χ1) is 17.3. The van der Waals surface area contributed by atoms with E-state index in [0.717, 1.165) is 0 Å². The van der Waals surface area contributed by atoms with Crippen molar-refractivity contribution < 1.29 is 33.8 Å². The zero-order valence-electron chi connectivity index (χ0n) is 22.5. The summed E-state index contributed by atoms with van der Waals surface area (Å²) < 4.78 is 5.32. The van der Waals surface area contributed by atoms with Crippen molar-refractivity contribution >= 4 is 30.0 Å². The molecule has 2 rings (SSSR count). The van der Waals surface area contributed by atoms with Crippen LogP contribution in [0.5, 0.6) is 5.75 Å². The number of methoxy groups -OCH3 is 1. The molecule has 0 bridgehead atoms. The molecule has 37 heavy (non-hydrogen) atoms. The van der Waals surface area contributed by atoms with Gasteiger partial charge < -0.3 is 30.2 Å². The minimum atomic E-state index is -1.22. The van der Waals surface area contributed by atoms with Crippen LogP contribution in [0.4, 0.5) is 0 Å². The number of piperidine rings is 1. The van der Waals surface area contributed by atoms with Gasteiger partial charge in [-0.3, -0.25) is 19.2 Å². The van der Waals surface area contributed by atoms with Crippen molar-refractivity contribution in [2.75, 3.05) is 13.7 Å². The molecule has 1 aromatic rings. The van der Waals surface area contributed by atoms with E-state index in [2.05, 4.69) is 10.6 Å². The van der Waals surface area contributed by atoms with Gasteiger partial charge >= 0.3 is 5.97 Å². The molecule has 0 radical (unpaired) electrons. The number of amides is 3. The van der Waals surface area contributed by atoms with Crippen LogP contribution in [-0.2, 0) is 19.2 Å². The molecule has 4 atom stereocenters. The maximum Gasteiger partial charge on any atom is 0.305 e. The Bertz CT molecular complexity index is 1020. The molecular weight excluding hydrogens is 478 g/mol. The number of rotatable bonds is 10. The Morgan fingerprint density at radius 3 is 2.43 bits per heavy atom. The van der Waals surface area contributed by atoms with Gasteiger partial charge in [0.25, 0.3) is 5.91 Å². The lowest BCUT2D eigenvalue weighted by Gasteiger charge is -2.43. The third kappa shape index (κ3) is 7.30. The molecule has 0 aliphatic carbocycles. The Morgan fingerprint density at radius 2 is 1.89 bits per heavy atom. The molecule has 4 unspecified atom stereocenters. The third-order valence-corrected chi connectivity index (χ3v) is 6.86. The van der Waals surface area contributed by atoms with Crippen molar-refractivity contribution in [3.63, 3.8) is 0 Å². The maximum atomic E-state index is 14.0. The number of nitrogens with one attached hydrogen (secondary N) is 2. The number of carbonyl (C=O) groups excluding carboxylic acids is 4. The van der Waals surface area contributed by atoms with E-state index in [1.165, 1.54) is 12.0 Å². The summed E-state index contributed by atoms with van der Waals surface area (Å²) in [5.41, 5.74) is 0.333. The highest BCUT2D eigenvalue weighted by Crippen LogP contribution is 2.31. The van der Waals surface area contributed by atoms with Crippen molar-refractivity contribution in [3.05, 3.63) is 29.3 Å². The van der Waals surface area contributed by atoms with Crippen molar-refractivity contribution in [2.45, 2.75) is 78.4 Å². The van der Waals surface area contributed by atoms with Crippen LogP contribution in [0.25, 0.3) is 0 Å². The largest absolute Gasteiger partial charge is 0.496 e. The SMILES string of the molecule is CCC1CCCN(C(=O)C(NC(=O)c2cccc(OC)c2C)C(C)(C)C)C1C(=O)NC(C=O)CC(=O)O. The topological polar surface area (TPSA) is 142 Å². The van der Waals surface area contributed by atoms with Gasteiger partial charge in [0, 0.05) is 17.7 Å². The van der Waals surface area contributed by atoms with E-state index in [-0.39, 0.29) is 5.92 Å². The lowest BCUT2D eigenvalue weighted by Crippen LogP contribution is -2.63. The minimum Gasteiger partial charge on any atom is -0.496 e. The molecule has 3 N–H and O–H groups in total. The molecule has 10 nitrogen and oxygen atoms in total. The second-order valence-corrected chi connectivity index (χ2v) is 10.5. The molecule has 0 spiro atoms. The van der Waals surface area contributed by atoms with Crippen LogP contribution in [0.1, 0.15) is 69.3 Å². The first-order valence-electron chi connectivity index (χ1n) is 12.6. The summed E-state index contributed by atoms with van der Waals surface area (Å²) in [6.45, 7) is 9.49. The maximum absolute atomic E-state index is 14.0. The van der Waals surface area contributed by atoms with Crippen molar-refractivity contribution in [1.29, 1.82) is 0 Å². The molecule has 1 saturated heterocycles. The molecule has 1 aliphatic rings. The van der Waals surface area contributed by atoms with Crippen molar-refractivity contribution in [1.82, 2.24) is 15.5 Å². The average molecular weight is 518 g/mol. The highest BCUT2D eigenvalue weighted by Gasteiger charge is 2.44. The third-order valence-electron chi connectivity index (χ3n) is 6.86. The fourth-order valence-corrected chi connectivity index (χ4v) is 4.80. The van der Waals surface area contributed by atoms with E-state index in [1.54, 1.807) is 25.1 Å². The molecule has 0 aromatic heterocycles. The summed E-state index contributed by atoms with van der Waals surface area (Å²) >= 11 is 0. The number of aldehydes is 1. The smallest absolute Gasteiger partial charge is 0.305 e. The molecule has 3 amide bonds. The van der Waals surface area contributed by atoms with Crippen molar-refractivity contribution in [2.24, 2.45) is 11.3 Å². The number of hydrogen-bond donors (Lipinski definition) is 3. The standard InChI is InChI=1S/C27H39N3O7/c1-7-17-10-9-13-30(22(17)25(35)28-18(15-31)14-21(32)33)26(36)23(27(3,4)5)29-24(34)19-11-8-12-20(37-6)16(19)2/h8,11-12,15,17-18,22-23H,7,9-10,13-14H2,1-6H3,(H,28,35)(H,29,34)(H,32,33). The Labute approximate surface area is 218 Å². The molecule has 1 fully saturated rings. The highest BCUT2D eigenvalue weighted by molar-refractivity contribution is 6.00. The monoisotopic (exact) mass is 517 g/mol. The predicted molar refractivity (Wildman–Crippen MR) is 137 cm³/mol. The first kappa shape index (κ1) is 29.8. The molecule has 204 valence electrons. The molecule has 1 heterocycles. The molecule has 1 aliphatic heterocycles. The van der Waals surface area contributed by atoms with E-state index in [0.29, 0.717) is 49.0 Å². The van der Waals surface area contributed by atoms with Crippen LogP contribution in [0.15, 0.2) is 18.2 Å².